The molecule has 0 aliphatic heterocycles. The Labute approximate surface area is 139 Å². The van der Waals surface area contributed by atoms with E-state index in [1.165, 1.54) is 0 Å². The van der Waals surface area contributed by atoms with Crippen molar-refractivity contribution < 1.29 is 9.21 Å². The summed E-state index contributed by atoms with van der Waals surface area (Å²) < 4.78 is 5.50. The molecule has 0 spiro atoms. The van der Waals surface area contributed by atoms with E-state index in [4.69, 9.17) is 4.42 Å². The minimum atomic E-state index is -0.206. The number of nitrogens with one attached hydrogen (secondary N) is 3. The van der Waals surface area contributed by atoms with E-state index in [-0.39, 0.29) is 5.91 Å². The van der Waals surface area contributed by atoms with Gasteiger partial charge in [0.1, 0.15) is 11.5 Å². The molecule has 1 amide bonds. The third-order valence-electron chi connectivity index (χ3n) is 3.45. The van der Waals surface area contributed by atoms with Gasteiger partial charge in [-0.3, -0.25) is 14.9 Å². The molecule has 7 nitrogen and oxygen atoms in total. The molecule has 3 N–H and O–H groups in total. The molecule has 0 bridgehead atoms. The Balaban J connectivity index is 1.43. The summed E-state index contributed by atoms with van der Waals surface area (Å²) in [5, 5.41) is 12.9. The van der Waals surface area contributed by atoms with Gasteiger partial charge in [-0.2, -0.15) is 5.10 Å². The lowest BCUT2D eigenvalue weighted by Gasteiger charge is -2.06. The Kier molecular flexibility index (Phi) is 4.90. The Hall–Kier alpha value is -3.09. The number of aromatic amines is 1. The summed E-state index contributed by atoms with van der Waals surface area (Å²) in [6, 6.07) is 9.22. The van der Waals surface area contributed by atoms with E-state index in [9.17, 15) is 4.79 Å². The predicted molar refractivity (Wildman–Crippen MR) is 90.7 cm³/mol. The van der Waals surface area contributed by atoms with Gasteiger partial charge in [-0.25, -0.2) is 0 Å². The Morgan fingerprint density at radius 1 is 1.29 bits per heavy atom. The maximum absolute atomic E-state index is 12.1. The van der Waals surface area contributed by atoms with Gasteiger partial charge in [0.15, 0.2) is 11.5 Å². The average Bonchev–Trinajstić information content (AvgIpc) is 3.24. The van der Waals surface area contributed by atoms with Crippen LogP contribution in [0.1, 0.15) is 22.7 Å². The van der Waals surface area contributed by atoms with Gasteiger partial charge in [0.25, 0.3) is 5.91 Å². The molecule has 0 aromatic carbocycles. The minimum Gasteiger partial charge on any atom is -0.460 e. The molecule has 3 aromatic heterocycles. The fourth-order valence-electron chi connectivity index (χ4n) is 2.22. The third kappa shape index (κ3) is 4.01. The van der Waals surface area contributed by atoms with E-state index in [0.717, 1.165) is 24.4 Å². The van der Waals surface area contributed by atoms with Gasteiger partial charge in [0.05, 0.1) is 5.69 Å². The van der Waals surface area contributed by atoms with Crippen LogP contribution in [0.3, 0.4) is 0 Å². The quantitative estimate of drug-likeness (QED) is 0.580. The molecule has 0 saturated heterocycles. The van der Waals surface area contributed by atoms with Crippen LogP contribution in [0.5, 0.6) is 0 Å². The van der Waals surface area contributed by atoms with Crippen LogP contribution in [0, 0.1) is 6.92 Å². The maximum atomic E-state index is 12.1. The number of carbonyl (C=O) groups excluding carboxylic acids is 1. The number of nitrogens with zero attached hydrogens (tertiary/aromatic N) is 2. The summed E-state index contributed by atoms with van der Waals surface area (Å²) in [6.45, 7) is 3.19. The minimum absolute atomic E-state index is 0.206. The second kappa shape index (κ2) is 7.45. The molecule has 3 rings (SSSR count). The average molecular weight is 325 g/mol. The fourth-order valence-corrected chi connectivity index (χ4v) is 2.22. The highest BCUT2D eigenvalue weighted by Gasteiger charge is 2.12. The Morgan fingerprint density at radius 3 is 2.96 bits per heavy atom. The molecule has 0 unspecified atom stereocenters. The zero-order chi connectivity index (χ0) is 16.8. The van der Waals surface area contributed by atoms with E-state index in [1.807, 2.05) is 31.2 Å². The van der Waals surface area contributed by atoms with Crippen LogP contribution in [0.4, 0.5) is 5.69 Å². The summed E-state index contributed by atoms with van der Waals surface area (Å²) in [5.41, 5.74) is 2.00. The third-order valence-corrected chi connectivity index (χ3v) is 3.45. The van der Waals surface area contributed by atoms with Gasteiger partial charge in [-0.1, -0.05) is 0 Å². The number of hydrogen-bond acceptors (Lipinski definition) is 5. The first-order valence-electron chi connectivity index (χ1n) is 7.77. The summed E-state index contributed by atoms with van der Waals surface area (Å²) in [5.74, 6) is 1.27. The van der Waals surface area contributed by atoms with Crippen molar-refractivity contribution in [1.82, 2.24) is 20.5 Å². The first-order chi connectivity index (χ1) is 11.7. The molecular formula is C17H19N5O2. The Bertz CT molecular complexity index is 794. The van der Waals surface area contributed by atoms with E-state index in [2.05, 4.69) is 25.8 Å². The normalized spacial score (nSPS) is 10.5. The van der Waals surface area contributed by atoms with E-state index in [0.29, 0.717) is 23.7 Å². The first-order valence-corrected chi connectivity index (χ1v) is 7.77. The number of aromatic nitrogens is 3. The molecule has 0 aliphatic carbocycles. The number of anilines is 1. The highest BCUT2D eigenvalue weighted by atomic mass is 16.3. The molecule has 0 radical (unpaired) electrons. The number of furan rings is 1. The first kappa shape index (κ1) is 15.8. The van der Waals surface area contributed by atoms with Crippen LogP contribution in [-0.4, -0.2) is 34.2 Å². The van der Waals surface area contributed by atoms with Crippen molar-refractivity contribution in [1.29, 1.82) is 0 Å². The van der Waals surface area contributed by atoms with Crippen LogP contribution in [0.2, 0.25) is 0 Å². The molecule has 0 fully saturated rings. The second-order valence-electron chi connectivity index (χ2n) is 5.36. The Morgan fingerprint density at radius 2 is 2.21 bits per heavy atom. The van der Waals surface area contributed by atoms with E-state index >= 15 is 0 Å². The molecule has 124 valence electrons. The molecule has 24 heavy (non-hydrogen) atoms. The van der Waals surface area contributed by atoms with Crippen LogP contribution in [-0.2, 0) is 0 Å². The number of amides is 1. The van der Waals surface area contributed by atoms with Gasteiger partial charge < -0.3 is 15.1 Å². The van der Waals surface area contributed by atoms with Gasteiger partial charge in [-0.05, 0) is 37.6 Å². The van der Waals surface area contributed by atoms with Gasteiger partial charge in [-0.15, -0.1) is 0 Å². The topological polar surface area (TPSA) is 95.8 Å². The van der Waals surface area contributed by atoms with Crippen molar-refractivity contribution in [2.24, 2.45) is 0 Å². The summed E-state index contributed by atoms with van der Waals surface area (Å²) >= 11 is 0. The van der Waals surface area contributed by atoms with E-state index < -0.39 is 0 Å². The summed E-state index contributed by atoms with van der Waals surface area (Å²) in [6.07, 6.45) is 4.29. The van der Waals surface area contributed by atoms with Gasteiger partial charge >= 0.3 is 0 Å². The standard InChI is InChI=1S/C17H19N5O2/c1-12-5-6-16(24-12)14-10-15(22-21-14)17(23)20-9-3-8-19-13-4-2-7-18-11-13/h2,4-7,10-11,19H,3,8-9H2,1H3,(H,20,23)(H,21,22). The van der Waals surface area contributed by atoms with Crippen LogP contribution >= 0.6 is 0 Å². The fraction of sp³-hybridized carbons (Fsp3) is 0.235. The van der Waals surface area contributed by atoms with Crippen molar-refractivity contribution in [3.8, 4) is 11.5 Å². The van der Waals surface area contributed by atoms with Crippen LogP contribution in [0.15, 0.2) is 47.1 Å². The van der Waals surface area contributed by atoms with Crippen molar-refractivity contribution in [2.75, 3.05) is 18.4 Å². The SMILES string of the molecule is Cc1ccc(-c2cc(C(=O)NCCCNc3cccnc3)n[nH]2)o1. The second-order valence-corrected chi connectivity index (χ2v) is 5.36. The van der Waals surface area contributed by atoms with E-state index in [1.54, 1.807) is 18.5 Å². The monoisotopic (exact) mass is 325 g/mol. The van der Waals surface area contributed by atoms with Gasteiger partial charge in [0, 0.05) is 31.5 Å². The number of aryl methyl sites for hydroxylation is 1. The van der Waals surface area contributed by atoms with Crippen molar-refractivity contribution in [3.63, 3.8) is 0 Å². The maximum Gasteiger partial charge on any atom is 0.271 e. The van der Waals surface area contributed by atoms with Gasteiger partial charge in [0.2, 0.25) is 0 Å². The lowest BCUT2D eigenvalue weighted by atomic mass is 10.3. The molecular weight excluding hydrogens is 306 g/mol. The van der Waals surface area contributed by atoms with Crippen molar-refractivity contribution >= 4 is 11.6 Å². The highest BCUT2D eigenvalue weighted by Crippen LogP contribution is 2.20. The number of carbonyl (C=O) groups is 1. The summed E-state index contributed by atoms with van der Waals surface area (Å²) in [4.78, 5) is 16.1. The zero-order valence-electron chi connectivity index (χ0n) is 13.4. The lowest BCUT2D eigenvalue weighted by molar-refractivity contribution is 0.0948. The number of H-pyrrole nitrogens is 1. The number of pyridine rings is 1. The van der Waals surface area contributed by atoms with Crippen LogP contribution in [0.25, 0.3) is 11.5 Å². The molecule has 3 heterocycles. The number of hydrogen-bond donors (Lipinski definition) is 3. The number of rotatable bonds is 7. The smallest absolute Gasteiger partial charge is 0.271 e. The molecule has 3 aromatic rings. The predicted octanol–water partition coefficient (Wildman–Crippen LogP) is 2.61. The van der Waals surface area contributed by atoms with Crippen LogP contribution < -0.4 is 10.6 Å². The largest absolute Gasteiger partial charge is 0.460 e. The molecule has 7 heteroatoms. The molecule has 0 saturated carbocycles. The molecule has 0 aliphatic rings. The zero-order valence-corrected chi connectivity index (χ0v) is 13.4. The van der Waals surface area contributed by atoms with Crippen molar-refractivity contribution in [2.45, 2.75) is 13.3 Å². The molecule has 0 atom stereocenters. The summed E-state index contributed by atoms with van der Waals surface area (Å²) in [7, 11) is 0. The lowest BCUT2D eigenvalue weighted by Crippen LogP contribution is -2.26. The van der Waals surface area contributed by atoms with Crippen molar-refractivity contribution in [3.05, 3.63) is 54.2 Å². The highest BCUT2D eigenvalue weighted by molar-refractivity contribution is 5.93.